The molecule has 9 heteroatoms. The number of anilines is 2. The van der Waals surface area contributed by atoms with Crippen molar-refractivity contribution in [1.29, 1.82) is 0 Å². The Labute approximate surface area is 173 Å². The van der Waals surface area contributed by atoms with Gasteiger partial charge in [-0.25, -0.2) is 9.13 Å². The van der Waals surface area contributed by atoms with Crippen LogP contribution >= 0.6 is 24.8 Å². The third-order valence-electron chi connectivity index (χ3n) is 4.25. The molecule has 0 unspecified atom stereocenters. The van der Waals surface area contributed by atoms with Gasteiger partial charge in [-0.1, -0.05) is 0 Å². The number of nitrogen functional groups attached to an aromatic ring is 1. The van der Waals surface area contributed by atoms with Crippen molar-refractivity contribution in [1.82, 2.24) is 9.47 Å². The molecule has 0 spiro atoms. The minimum Gasteiger partial charge on any atom is -1.00 e. The molecule has 1 aromatic heterocycles. The van der Waals surface area contributed by atoms with E-state index in [9.17, 15) is 4.79 Å². The molecule has 0 saturated carbocycles. The zero-order chi connectivity index (χ0) is 16.2. The van der Waals surface area contributed by atoms with Gasteiger partial charge in [0.15, 0.2) is 6.54 Å². The van der Waals surface area contributed by atoms with Gasteiger partial charge >= 0.3 is 0 Å². The summed E-state index contributed by atoms with van der Waals surface area (Å²) in [4.78, 5) is 16.8. The smallest absolute Gasteiger partial charge is 0.264 e. The molecule has 1 aliphatic heterocycles. The van der Waals surface area contributed by atoms with E-state index in [2.05, 4.69) is 4.90 Å². The van der Waals surface area contributed by atoms with Crippen LogP contribution in [-0.2, 0) is 18.4 Å². The first-order valence-corrected chi connectivity index (χ1v) is 8.01. The van der Waals surface area contributed by atoms with Crippen molar-refractivity contribution in [3.05, 3.63) is 43.0 Å². The highest BCUT2D eigenvalue weighted by atomic mass is 35.5. The molecule has 1 aromatic carbocycles. The van der Waals surface area contributed by atoms with E-state index in [0.717, 1.165) is 38.3 Å². The van der Waals surface area contributed by atoms with Crippen LogP contribution < -0.4 is 27.6 Å². The molecule has 3 rings (SSSR count). The van der Waals surface area contributed by atoms with Crippen LogP contribution in [0.2, 0.25) is 0 Å². The topological polar surface area (TPSA) is 58.4 Å². The highest BCUT2D eigenvalue weighted by Gasteiger charge is 2.21. The molecule has 1 amide bonds. The number of aryl methyl sites for hydroxylation is 1. The van der Waals surface area contributed by atoms with Crippen molar-refractivity contribution in [2.24, 2.45) is 7.05 Å². The number of hydrogen-bond donors (Lipinski definition) is 1. The van der Waals surface area contributed by atoms with Gasteiger partial charge in [0.05, 0.1) is 7.05 Å². The maximum atomic E-state index is 12.5. The monoisotopic (exact) mass is 421 g/mol. The lowest BCUT2D eigenvalue weighted by Crippen LogP contribution is -3.00. The van der Waals surface area contributed by atoms with Crippen molar-refractivity contribution in [2.45, 2.75) is 13.0 Å². The molecule has 1 aliphatic rings. The molecule has 6 nitrogen and oxygen atoms in total. The van der Waals surface area contributed by atoms with Crippen molar-refractivity contribution < 1.29 is 21.8 Å². The quantitative estimate of drug-likeness (QED) is 0.483. The van der Waals surface area contributed by atoms with E-state index in [4.69, 9.17) is 5.73 Å². The molecular formula is C17H26Cl3N5O. The molecule has 26 heavy (non-hydrogen) atoms. The average molecular weight is 423 g/mol. The van der Waals surface area contributed by atoms with Crippen LogP contribution in [0.4, 0.5) is 11.4 Å². The second kappa shape index (κ2) is 11.2. The Bertz CT molecular complexity index is 677. The first-order valence-electron chi connectivity index (χ1n) is 8.01. The number of nitrogens with zero attached hydrogens (tertiary/aromatic N) is 4. The van der Waals surface area contributed by atoms with Crippen molar-refractivity contribution in [3.63, 3.8) is 0 Å². The normalized spacial score (nSPS) is 13.7. The molecular weight excluding hydrogens is 397 g/mol. The molecule has 1 saturated heterocycles. The van der Waals surface area contributed by atoms with Crippen LogP contribution in [0.25, 0.3) is 0 Å². The third kappa shape index (κ3) is 6.27. The van der Waals surface area contributed by atoms with Crippen LogP contribution in [-0.4, -0.2) is 41.6 Å². The zero-order valence-corrected chi connectivity index (χ0v) is 17.1. The molecule has 0 aliphatic carbocycles. The average Bonchev–Trinajstić information content (AvgIpc) is 2.80. The summed E-state index contributed by atoms with van der Waals surface area (Å²) in [7, 11) is 1.96. The highest BCUT2D eigenvalue weighted by Crippen LogP contribution is 2.18. The van der Waals surface area contributed by atoms with Crippen LogP contribution in [0.1, 0.15) is 6.42 Å². The minimum absolute atomic E-state index is 0. The predicted octanol–water partition coefficient (Wildman–Crippen LogP) is -1.52. The van der Waals surface area contributed by atoms with Gasteiger partial charge in [0.1, 0.15) is 12.4 Å². The number of amides is 1. The van der Waals surface area contributed by atoms with E-state index in [1.807, 2.05) is 64.1 Å². The summed E-state index contributed by atoms with van der Waals surface area (Å²) in [6, 6.07) is 7.95. The SMILES string of the molecule is C[n+]1ccn(CC(=O)N2CCCN(c3ccc(N)cc3)CC2)c1.Cl.Cl.[Cl-]. The van der Waals surface area contributed by atoms with Crippen molar-refractivity contribution in [3.8, 4) is 0 Å². The summed E-state index contributed by atoms with van der Waals surface area (Å²) >= 11 is 0. The van der Waals surface area contributed by atoms with Gasteiger partial charge in [0.25, 0.3) is 5.91 Å². The second-order valence-corrected chi connectivity index (χ2v) is 6.06. The van der Waals surface area contributed by atoms with Gasteiger partial charge in [-0.2, -0.15) is 0 Å². The lowest BCUT2D eigenvalue weighted by Gasteiger charge is -2.23. The number of rotatable bonds is 3. The van der Waals surface area contributed by atoms with Gasteiger partial charge in [-0.15, -0.1) is 24.8 Å². The fraction of sp³-hybridized carbons (Fsp3) is 0.412. The third-order valence-corrected chi connectivity index (χ3v) is 4.25. The van der Waals surface area contributed by atoms with Gasteiger partial charge in [-0.05, 0) is 30.7 Å². The lowest BCUT2D eigenvalue weighted by atomic mass is 10.2. The van der Waals surface area contributed by atoms with E-state index in [-0.39, 0.29) is 43.1 Å². The number of hydrogen-bond acceptors (Lipinski definition) is 3. The summed E-state index contributed by atoms with van der Waals surface area (Å²) in [6.07, 6.45) is 6.78. The Morgan fingerprint density at radius 2 is 1.81 bits per heavy atom. The fourth-order valence-corrected chi connectivity index (χ4v) is 2.96. The Morgan fingerprint density at radius 1 is 1.12 bits per heavy atom. The summed E-state index contributed by atoms with van der Waals surface area (Å²) in [5.74, 6) is 0.181. The predicted molar refractivity (Wildman–Crippen MR) is 104 cm³/mol. The molecule has 2 aromatic rings. The van der Waals surface area contributed by atoms with E-state index in [0.29, 0.717) is 6.54 Å². The first kappa shape index (κ1) is 24.4. The largest absolute Gasteiger partial charge is 1.00 e. The Kier molecular flexibility index (Phi) is 10.5. The van der Waals surface area contributed by atoms with Crippen molar-refractivity contribution in [2.75, 3.05) is 36.8 Å². The number of benzene rings is 1. The summed E-state index contributed by atoms with van der Waals surface area (Å²) < 4.78 is 3.86. The Morgan fingerprint density at radius 3 is 2.42 bits per heavy atom. The molecule has 0 atom stereocenters. The molecule has 0 bridgehead atoms. The van der Waals surface area contributed by atoms with Gasteiger partial charge in [0.2, 0.25) is 6.33 Å². The number of nitrogens with two attached hydrogens (primary N) is 1. The van der Waals surface area contributed by atoms with Crippen LogP contribution in [0.15, 0.2) is 43.0 Å². The van der Waals surface area contributed by atoms with Crippen LogP contribution in [0.3, 0.4) is 0 Å². The second-order valence-electron chi connectivity index (χ2n) is 6.06. The van der Waals surface area contributed by atoms with E-state index < -0.39 is 0 Å². The summed E-state index contributed by atoms with van der Waals surface area (Å²) in [5.41, 5.74) is 7.70. The molecule has 2 N–H and O–H groups in total. The summed E-state index contributed by atoms with van der Waals surface area (Å²) in [6.45, 7) is 3.80. The van der Waals surface area contributed by atoms with Gasteiger partial charge in [0, 0.05) is 37.6 Å². The Hall–Kier alpha value is -1.63. The maximum Gasteiger partial charge on any atom is 0.264 e. The number of imidazole rings is 1. The van der Waals surface area contributed by atoms with Crippen LogP contribution in [0, 0.1) is 0 Å². The highest BCUT2D eigenvalue weighted by molar-refractivity contribution is 5.85. The van der Waals surface area contributed by atoms with Gasteiger partial charge in [-0.3, -0.25) is 4.79 Å². The minimum atomic E-state index is 0. The number of carbonyl (C=O) groups is 1. The molecule has 2 heterocycles. The van der Waals surface area contributed by atoms with Crippen molar-refractivity contribution >= 4 is 42.1 Å². The number of halogens is 3. The fourth-order valence-electron chi connectivity index (χ4n) is 2.96. The molecule has 1 fully saturated rings. The van der Waals surface area contributed by atoms with E-state index >= 15 is 0 Å². The number of carbonyl (C=O) groups excluding carboxylic acids is 1. The maximum absolute atomic E-state index is 12.5. The Balaban J connectivity index is 0.00000208. The summed E-state index contributed by atoms with van der Waals surface area (Å²) in [5, 5.41) is 0. The van der Waals surface area contributed by atoms with E-state index in [1.165, 1.54) is 5.69 Å². The first-order chi connectivity index (χ1) is 11.1. The van der Waals surface area contributed by atoms with Crippen LogP contribution in [0.5, 0.6) is 0 Å². The molecule has 146 valence electrons. The van der Waals surface area contributed by atoms with E-state index in [1.54, 1.807) is 0 Å². The zero-order valence-electron chi connectivity index (χ0n) is 14.8. The number of aromatic nitrogens is 2. The standard InChI is InChI=1S/C17H24N5O.3ClH/c1-19-9-10-20(14-19)13-17(23)22-8-2-7-21(11-12-22)16-5-3-15(18)4-6-16;;;/h3-6,9-10,14H,2,7-8,11-13,18H2,1H3;3*1H/q+1;;;/p-1. The van der Waals surface area contributed by atoms with Gasteiger partial charge < -0.3 is 27.9 Å². The lowest BCUT2D eigenvalue weighted by molar-refractivity contribution is -0.671. The molecule has 0 radical (unpaired) electrons.